The van der Waals surface area contributed by atoms with Gasteiger partial charge in [0.05, 0.1) is 0 Å². The monoisotopic (exact) mass is 335 g/mol. The highest BCUT2D eigenvalue weighted by Gasteiger charge is 2.39. The van der Waals surface area contributed by atoms with Crippen LogP contribution in [-0.4, -0.2) is 40.7 Å². The molecule has 1 fully saturated rings. The summed E-state index contributed by atoms with van der Waals surface area (Å²) in [5.74, 6) is -0.632. The van der Waals surface area contributed by atoms with E-state index in [1.807, 2.05) is 5.01 Å². The second-order valence-corrected chi connectivity index (χ2v) is 7.09. The van der Waals surface area contributed by atoms with Gasteiger partial charge in [0.15, 0.2) is 0 Å². The van der Waals surface area contributed by atoms with Gasteiger partial charge in [0.1, 0.15) is 17.5 Å². The molecule has 3 rings (SSSR count). The number of fused-ring (bicyclic) bond motifs is 2. The van der Waals surface area contributed by atoms with E-state index in [-0.39, 0.29) is 11.7 Å². The van der Waals surface area contributed by atoms with Crippen LogP contribution < -0.4 is 5.32 Å². The summed E-state index contributed by atoms with van der Waals surface area (Å²) < 4.78 is 19.6. The molecule has 1 atom stereocenters. The number of nitrogens with zero attached hydrogens (tertiary/aromatic N) is 2. The molecule has 1 unspecified atom stereocenters. The fourth-order valence-corrected chi connectivity index (χ4v) is 3.12. The molecule has 2 aliphatic heterocycles. The Morgan fingerprint density at radius 2 is 2.08 bits per heavy atom. The molecule has 7 heteroatoms. The van der Waals surface area contributed by atoms with Crippen LogP contribution in [0.4, 0.5) is 9.18 Å². The van der Waals surface area contributed by atoms with E-state index < -0.39 is 17.7 Å². The Balaban J connectivity index is 1.95. The molecule has 24 heavy (non-hydrogen) atoms. The van der Waals surface area contributed by atoms with Gasteiger partial charge in [-0.1, -0.05) is 12.1 Å². The predicted molar refractivity (Wildman–Crippen MR) is 85.3 cm³/mol. The first-order valence-electron chi connectivity index (χ1n) is 8.09. The van der Waals surface area contributed by atoms with Crippen molar-refractivity contribution in [2.24, 2.45) is 0 Å². The zero-order valence-electron chi connectivity index (χ0n) is 14.1. The van der Waals surface area contributed by atoms with Gasteiger partial charge >= 0.3 is 6.09 Å². The molecule has 1 saturated heterocycles. The van der Waals surface area contributed by atoms with E-state index >= 15 is 0 Å². The van der Waals surface area contributed by atoms with Crippen LogP contribution in [0.1, 0.15) is 44.4 Å². The smallest absolute Gasteiger partial charge is 0.408 e. The lowest BCUT2D eigenvalue weighted by atomic mass is 9.99. The zero-order valence-corrected chi connectivity index (χ0v) is 14.1. The van der Waals surface area contributed by atoms with Gasteiger partial charge in [0.2, 0.25) is 0 Å². The van der Waals surface area contributed by atoms with E-state index in [0.717, 1.165) is 6.42 Å². The van der Waals surface area contributed by atoms with E-state index in [4.69, 9.17) is 4.74 Å². The number of benzene rings is 1. The Kier molecular flexibility index (Phi) is 4.21. The Morgan fingerprint density at radius 1 is 1.33 bits per heavy atom. The van der Waals surface area contributed by atoms with E-state index in [1.165, 1.54) is 6.07 Å². The van der Waals surface area contributed by atoms with Crippen LogP contribution in [0.3, 0.4) is 0 Å². The van der Waals surface area contributed by atoms with E-state index in [1.54, 1.807) is 37.9 Å². The first-order chi connectivity index (χ1) is 11.3. The number of amides is 2. The van der Waals surface area contributed by atoms with Gasteiger partial charge in [-0.15, -0.1) is 0 Å². The fraction of sp³-hybridized carbons (Fsp3) is 0.529. The predicted octanol–water partition coefficient (Wildman–Crippen LogP) is 2.35. The molecule has 130 valence electrons. The third kappa shape index (κ3) is 3.21. The number of hydrogen-bond acceptors (Lipinski definition) is 4. The summed E-state index contributed by atoms with van der Waals surface area (Å²) >= 11 is 0. The van der Waals surface area contributed by atoms with Gasteiger partial charge in [-0.05, 0) is 38.8 Å². The zero-order chi connectivity index (χ0) is 17.5. The van der Waals surface area contributed by atoms with Gasteiger partial charge < -0.3 is 10.1 Å². The maximum Gasteiger partial charge on any atom is 0.408 e. The molecular weight excluding hydrogens is 313 g/mol. The first kappa shape index (κ1) is 16.7. The summed E-state index contributed by atoms with van der Waals surface area (Å²) in [6, 6.07) is 3.66. The lowest BCUT2D eigenvalue weighted by Crippen LogP contribution is -2.46. The largest absolute Gasteiger partial charge is 0.444 e. The fourth-order valence-electron chi connectivity index (χ4n) is 3.12. The summed E-state index contributed by atoms with van der Waals surface area (Å²) in [6.07, 6.45) is 0.137. The van der Waals surface area contributed by atoms with E-state index in [2.05, 4.69) is 5.32 Å². The first-order valence-corrected chi connectivity index (χ1v) is 8.09. The van der Waals surface area contributed by atoms with Crippen molar-refractivity contribution in [1.29, 1.82) is 0 Å². The summed E-state index contributed by atoms with van der Waals surface area (Å²) in [4.78, 5) is 25.1. The molecular formula is C17H22FN3O3. The summed E-state index contributed by atoms with van der Waals surface area (Å²) in [5, 5.41) is 6.05. The molecule has 1 aromatic rings. The van der Waals surface area contributed by atoms with Crippen LogP contribution in [0, 0.1) is 5.82 Å². The summed E-state index contributed by atoms with van der Waals surface area (Å²) in [5.41, 5.74) is 0.249. The molecule has 2 aliphatic rings. The molecule has 0 spiro atoms. The van der Waals surface area contributed by atoms with Crippen LogP contribution in [0.2, 0.25) is 0 Å². The van der Waals surface area contributed by atoms with Gasteiger partial charge in [0.25, 0.3) is 5.91 Å². The molecule has 0 saturated carbocycles. The molecule has 0 bridgehead atoms. The van der Waals surface area contributed by atoms with Gasteiger partial charge in [-0.3, -0.25) is 9.80 Å². The number of carbonyl (C=O) groups is 2. The number of hydrogen-bond donors (Lipinski definition) is 1. The third-order valence-corrected chi connectivity index (χ3v) is 4.10. The van der Waals surface area contributed by atoms with E-state index in [9.17, 15) is 14.0 Å². The average molecular weight is 335 g/mol. The molecule has 2 heterocycles. The molecule has 0 aromatic heterocycles. The molecule has 1 aromatic carbocycles. The summed E-state index contributed by atoms with van der Waals surface area (Å²) in [6.45, 7) is 6.83. The normalized spacial score (nSPS) is 21.1. The number of hydrazine groups is 1. The molecule has 1 N–H and O–H groups in total. The number of alkyl carbamates (subject to hydrolysis) is 1. The summed E-state index contributed by atoms with van der Waals surface area (Å²) in [7, 11) is 0. The van der Waals surface area contributed by atoms with Crippen LogP contribution in [0.15, 0.2) is 18.2 Å². The Bertz CT molecular complexity index is 672. The van der Waals surface area contributed by atoms with Crippen LogP contribution in [0.5, 0.6) is 0 Å². The van der Waals surface area contributed by atoms with Crippen molar-refractivity contribution >= 4 is 12.0 Å². The quantitative estimate of drug-likeness (QED) is 0.856. The highest BCUT2D eigenvalue weighted by molar-refractivity contribution is 5.87. The SMILES string of the molecule is CC(C)(C)OC(=O)NC1C(=O)N2CCCN2Cc2c(F)cccc21. The van der Waals surface area contributed by atoms with Crippen molar-refractivity contribution in [3.8, 4) is 0 Å². The standard InChI is InChI=1S/C17H22FN3O3/c1-17(2,3)24-16(23)19-14-11-6-4-7-13(18)12(11)10-20-8-5-9-21(20)15(14)22/h4,6-7,14H,5,8-10H2,1-3H3,(H,19,23). The van der Waals surface area contributed by atoms with E-state index in [0.29, 0.717) is 30.8 Å². The third-order valence-electron chi connectivity index (χ3n) is 4.10. The number of ether oxygens (including phenoxy) is 1. The number of nitrogens with one attached hydrogen (secondary N) is 1. The average Bonchev–Trinajstić information content (AvgIpc) is 2.89. The number of rotatable bonds is 1. The van der Waals surface area contributed by atoms with Crippen molar-refractivity contribution in [1.82, 2.24) is 15.3 Å². The van der Waals surface area contributed by atoms with Crippen LogP contribution >= 0.6 is 0 Å². The highest BCUT2D eigenvalue weighted by Crippen LogP contribution is 2.31. The maximum absolute atomic E-state index is 14.3. The van der Waals surface area contributed by atoms with Crippen molar-refractivity contribution < 1.29 is 18.7 Å². The molecule has 0 aliphatic carbocycles. The van der Waals surface area contributed by atoms with Crippen molar-refractivity contribution in [3.63, 3.8) is 0 Å². The second-order valence-electron chi connectivity index (χ2n) is 7.09. The lowest BCUT2D eigenvalue weighted by Gasteiger charge is -2.28. The number of halogens is 1. The molecule has 2 amide bonds. The van der Waals surface area contributed by atoms with Crippen molar-refractivity contribution in [2.75, 3.05) is 13.1 Å². The molecule has 6 nitrogen and oxygen atoms in total. The van der Waals surface area contributed by atoms with Gasteiger partial charge in [0, 0.05) is 25.2 Å². The lowest BCUT2D eigenvalue weighted by molar-refractivity contribution is -0.146. The van der Waals surface area contributed by atoms with Crippen molar-refractivity contribution in [3.05, 3.63) is 35.1 Å². The second kappa shape index (κ2) is 6.05. The van der Waals surface area contributed by atoms with Crippen LogP contribution in [0.25, 0.3) is 0 Å². The Morgan fingerprint density at radius 3 is 2.79 bits per heavy atom. The minimum atomic E-state index is -0.950. The minimum Gasteiger partial charge on any atom is -0.444 e. The number of carbonyl (C=O) groups excluding carboxylic acids is 2. The minimum absolute atomic E-state index is 0.261. The topological polar surface area (TPSA) is 61.9 Å². The van der Waals surface area contributed by atoms with Crippen molar-refractivity contribution in [2.45, 2.75) is 45.4 Å². The van der Waals surface area contributed by atoms with Gasteiger partial charge in [-0.25, -0.2) is 14.2 Å². The van der Waals surface area contributed by atoms with Crippen LogP contribution in [-0.2, 0) is 16.1 Å². The Labute approximate surface area is 140 Å². The molecule has 0 radical (unpaired) electrons. The Hall–Kier alpha value is -2.15. The maximum atomic E-state index is 14.3. The highest BCUT2D eigenvalue weighted by atomic mass is 19.1. The van der Waals surface area contributed by atoms with Gasteiger partial charge in [-0.2, -0.15) is 0 Å².